The Kier molecular flexibility index (Phi) is 5.58. The molecule has 0 bridgehead atoms. The number of nitrogens with zero attached hydrogens (tertiary/aromatic N) is 1. The maximum absolute atomic E-state index is 12.2. The van der Waals surface area contributed by atoms with Crippen LogP contribution in [0, 0.1) is 0 Å². The lowest BCUT2D eigenvalue weighted by atomic mass is 10.2. The number of rotatable bonds is 7. The third kappa shape index (κ3) is 4.44. The molecule has 112 valence electrons. The number of thioether (sulfide) groups is 1. The number of carbonyl (C=O) groups excluding carboxylic acids is 2. The van der Waals surface area contributed by atoms with Gasteiger partial charge in [-0.2, -0.15) is 0 Å². The van der Waals surface area contributed by atoms with Gasteiger partial charge in [-0.25, -0.2) is 0 Å². The predicted octanol–water partition coefficient (Wildman–Crippen LogP) is 1.79. The highest BCUT2D eigenvalue weighted by molar-refractivity contribution is 8.26. The third-order valence-corrected chi connectivity index (χ3v) is 4.33. The summed E-state index contributed by atoms with van der Waals surface area (Å²) in [5.74, 6) is -0.548. The van der Waals surface area contributed by atoms with Gasteiger partial charge < -0.3 is 14.3 Å². The Morgan fingerprint density at radius 1 is 1.43 bits per heavy atom. The first-order valence-corrected chi connectivity index (χ1v) is 7.79. The highest BCUT2D eigenvalue weighted by Gasteiger charge is 2.31. The second-order valence-corrected chi connectivity index (χ2v) is 6.21. The number of hydrogen-bond donors (Lipinski definition) is 0. The molecule has 2 heterocycles. The van der Waals surface area contributed by atoms with Crippen molar-refractivity contribution in [1.29, 1.82) is 0 Å². The van der Waals surface area contributed by atoms with Crippen molar-refractivity contribution in [2.24, 2.45) is 0 Å². The molecule has 21 heavy (non-hydrogen) atoms. The maximum Gasteiger partial charge on any atom is 0.266 e. The van der Waals surface area contributed by atoms with Gasteiger partial charge in [-0.15, -0.1) is 0 Å². The van der Waals surface area contributed by atoms with Crippen molar-refractivity contribution >= 4 is 46.3 Å². The van der Waals surface area contributed by atoms with Gasteiger partial charge >= 0.3 is 0 Å². The van der Waals surface area contributed by atoms with E-state index >= 15 is 0 Å². The van der Waals surface area contributed by atoms with Crippen LogP contribution in [0.25, 0.3) is 6.08 Å². The zero-order valence-corrected chi connectivity index (χ0v) is 12.9. The minimum atomic E-state index is -1.04. The molecule has 0 unspecified atom stereocenters. The molecule has 5 nitrogen and oxygen atoms in total. The highest BCUT2D eigenvalue weighted by atomic mass is 32.2. The van der Waals surface area contributed by atoms with Crippen LogP contribution < -0.4 is 5.11 Å². The zero-order valence-electron chi connectivity index (χ0n) is 11.2. The number of carboxylic acids is 1. The lowest BCUT2D eigenvalue weighted by Crippen LogP contribution is -2.29. The Hall–Kier alpha value is -1.60. The molecule has 7 heteroatoms. The number of aliphatic carboxylic acids is 1. The SMILES string of the molecule is O=C([O-])CCCCCN1C(=O)/C(=C\c2ccco2)SC1=S. The summed E-state index contributed by atoms with van der Waals surface area (Å²) < 4.78 is 5.71. The first kappa shape index (κ1) is 15.8. The molecule has 0 spiro atoms. The van der Waals surface area contributed by atoms with Gasteiger partial charge in [-0.1, -0.05) is 30.4 Å². The van der Waals surface area contributed by atoms with Crippen molar-refractivity contribution < 1.29 is 19.1 Å². The molecular weight excluding hydrogens is 310 g/mol. The molecule has 0 radical (unpaired) electrons. The molecule has 0 saturated carbocycles. The van der Waals surface area contributed by atoms with Crippen molar-refractivity contribution in [3.63, 3.8) is 0 Å². The molecule has 1 aromatic rings. The number of hydrogen-bond acceptors (Lipinski definition) is 6. The Balaban J connectivity index is 1.86. The molecule has 1 aliphatic heterocycles. The Morgan fingerprint density at radius 2 is 2.24 bits per heavy atom. The topological polar surface area (TPSA) is 73.6 Å². The molecule has 1 saturated heterocycles. The average Bonchev–Trinajstić information content (AvgIpc) is 3.01. The molecule has 0 aromatic carbocycles. The summed E-state index contributed by atoms with van der Waals surface area (Å²) in [5.41, 5.74) is 0. The minimum Gasteiger partial charge on any atom is -0.550 e. The molecule has 0 aliphatic carbocycles. The van der Waals surface area contributed by atoms with Gasteiger partial charge in [0, 0.05) is 18.6 Å². The van der Waals surface area contributed by atoms with Crippen molar-refractivity contribution in [3.05, 3.63) is 29.1 Å². The van der Waals surface area contributed by atoms with Gasteiger partial charge in [0.05, 0.1) is 11.2 Å². The van der Waals surface area contributed by atoms with E-state index in [0.29, 0.717) is 34.4 Å². The molecule has 1 aromatic heterocycles. The zero-order chi connectivity index (χ0) is 15.2. The van der Waals surface area contributed by atoms with Crippen molar-refractivity contribution in [3.8, 4) is 0 Å². The van der Waals surface area contributed by atoms with Gasteiger partial charge in [0.25, 0.3) is 5.91 Å². The van der Waals surface area contributed by atoms with Crippen LogP contribution in [0.1, 0.15) is 31.4 Å². The smallest absolute Gasteiger partial charge is 0.266 e. The average molecular weight is 324 g/mol. The van der Waals surface area contributed by atoms with E-state index in [1.807, 2.05) is 0 Å². The molecule has 0 atom stereocenters. The summed E-state index contributed by atoms with van der Waals surface area (Å²) in [6, 6.07) is 3.52. The Morgan fingerprint density at radius 3 is 2.90 bits per heavy atom. The van der Waals surface area contributed by atoms with Crippen LogP contribution in [0.15, 0.2) is 27.7 Å². The van der Waals surface area contributed by atoms with E-state index in [-0.39, 0.29) is 12.3 Å². The second-order valence-electron chi connectivity index (χ2n) is 4.53. The summed E-state index contributed by atoms with van der Waals surface area (Å²) in [5, 5.41) is 10.3. The number of carboxylic acid groups (broad SMARTS) is 1. The number of amides is 1. The first-order chi connectivity index (χ1) is 10.1. The van der Waals surface area contributed by atoms with Gasteiger partial charge in [0.2, 0.25) is 0 Å². The lowest BCUT2D eigenvalue weighted by Gasteiger charge is -2.14. The van der Waals surface area contributed by atoms with Gasteiger partial charge in [-0.3, -0.25) is 9.69 Å². The van der Waals surface area contributed by atoms with E-state index < -0.39 is 5.97 Å². The quantitative estimate of drug-likeness (QED) is 0.432. The van der Waals surface area contributed by atoms with Crippen LogP contribution in [-0.2, 0) is 9.59 Å². The summed E-state index contributed by atoms with van der Waals surface area (Å²) >= 11 is 6.46. The fourth-order valence-electron chi connectivity index (χ4n) is 1.91. The number of furan rings is 1. The monoisotopic (exact) mass is 324 g/mol. The number of thiocarbonyl (C=S) groups is 1. The van der Waals surface area contributed by atoms with Crippen molar-refractivity contribution in [2.45, 2.75) is 25.7 Å². The molecular formula is C14H14NO4S2-. The van der Waals surface area contributed by atoms with E-state index in [0.717, 1.165) is 6.42 Å². The van der Waals surface area contributed by atoms with Gasteiger partial charge in [0.15, 0.2) is 0 Å². The second kappa shape index (κ2) is 7.42. The minimum absolute atomic E-state index is 0.0524. The van der Waals surface area contributed by atoms with E-state index in [4.69, 9.17) is 16.6 Å². The third-order valence-electron chi connectivity index (χ3n) is 2.95. The molecule has 2 rings (SSSR count). The van der Waals surface area contributed by atoms with Crippen LogP contribution >= 0.6 is 24.0 Å². The fraction of sp³-hybridized carbons (Fsp3) is 0.357. The Labute approximate surface area is 132 Å². The summed E-state index contributed by atoms with van der Waals surface area (Å²) in [6.07, 6.45) is 5.27. The van der Waals surface area contributed by atoms with Crippen LogP contribution in [0.3, 0.4) is 0 Å². The molecule has 1 aliphatic rings. The van der Waals surface area contributed by atoms with Gasteiger partial charge in [0.1, 0.15) is 10.1 Å². The van der Waals surface area contributed by atoms with Gasteiger partial charge in [-0.05, 0) is 31.4 Å². The Bertz CT molecular complexity index is 566. The standard InChI is InChI=1S/C14H15NO4S2/c16-12(17)6-2-1-3-7-15-13(18)11(21-14(15)20)9-10-5-4-8-19-10/h4-5,8-9H,1-3,6-7H2,(H,16,17)/p-1/b11-9+. The van der Waals surface area contributed by atoms with E-state index in [1.54, 1.807) is 29.4 Å². The van der Waals surface area contributed by atoms with Crippen molar-refractivity contribution in [2.75, 3.05) is 6.54 Å². The van der Waals surface area contributed by atoms with Crippen LogP contribution in [0.5, 0.6) is 0 Å². The summed E-state index contributed by atoms with van der Waals surface area (Å²) in [7, 11) is 0. The van der Waals surface area contributed by atoms with Crippen molar-refractivity contribution in [1.82, 2.24) is 4.90 Å². The van der Waals surface area contributed by atoms with E-state index in [9.17, 15) is 14.7 Å². The largest absolute Gasteiger partial charge is 0.550 e. The number of unbranched alkanes of at least 4 members (excludes halogenated alkanes) is 2. The highest BCUT2D eigenvalue weighted by Crippen LogP contribution is 2.32. The van der Waals surface area contributed by atoms with E-state index in [1.165, 1.54) is 11.8 Å². The molecule has 1 fully saturated rings. The lowest BCUT2D eigenvalue weighted by molar-refractivity contribution is -0.305. The summed E-state index contributed by atoms with van der Waals surface area (Å²) in [6.45, 7) is 0.507. The number of carbonyl (C=O) groups is 2. The maximum atomic E-state index is 12.2. The molecule has 1 amide bonds. The van der Waals surface area contributed by atoms with Crippen LogP contribution in [-0.4, -0.2) is 27.6 Å². The van der Waals surface area contributed by atoms with E-state index in [2.05, 4.69) is 0 Å². The predicted molar refractivity (Wildman–Crippen MR) is 82.1 cm³/mol. The normalized spacial score (nSPS) is 17.0. The van der Waals surface area contributed by atoms with Crippen LogP contribution in [0.4, 0.5) is 0 Å². The fourth-order valence-corrected chi connectivity index (χ4v) is 3.20. The molecule has 0 N–H and O–H groups in total. The summed E-state index contributed by atoms with van der Waals surface area (Å²) in [4.78, 5) is 24.6. The first-order valence-electron chi connectivity index (χ1n) is 6.56. The van der Waals surface area contributed by atoms with Crippen LogP contribution in [0.2, 0.25) is 0 Å².